The van der Waals surface area contributed by atoms with Gasteiger partial charge in [-0.15, -0.1) is 0 Å². The second-order valence-corrected chi connectivity index (χ2v) is 4.92. The molecule has 0 spiro atoms. The molecule has 3 heteroatoms. The third kappa shape index (κ3) is 4.33. The summed E-state index contributed by atoms with van der Waals surface area (Å²) < 4.78 is 0. The van der Waals surface area contributed by atoms with E-state index in [1.54, 1.807) is 0 Å². The highest BCUT2D eigenvalue weighted by molar-refractivity contribution is 5.97. The van der Waals surface area contributed by atoms with Crippen LogP contribution in [0.3, 0.4) is 0 Å². The zero-order valence-corrected chi connectivity index (χ0v) is 10.1. The van der Waals surface area contributed by atoms with Gasteiger partial charge in [-0.1, -0.05) is 38.5 Å². The second kappa shape index (κ2) is 6.66. The molecule has 1 rings (SSSR count). The van der Waals surface area contributed by atoms with Gasteiger partial charge in [-0.2, -0.15) is 0 Å². The molecule has 0 amide bonds. The van der Waals surface area contributed by atoms with E-state index in [9.17, 15) is 9.59 Å². The van der Waals surface area contributed by atoms with Gasteiger partial charge >= 0.3 is 5.97 Å². The van der Waals surface area contributed by atoms with Crippen molar-refractivity contribution in [3.63, 3.8) is 0 Å². The Bertz CT molecular complexity index is 242. The summed E-state index contributed by atoms with van der Waals surface area (Å²) >= 11 is 0. The molecule has 0 aromatic rings. The molecule has 0 aliphatic heterocycles. The summed E-state index contributed by atoms with van der Waals surface area (Å²) in [5.74, 6) is -1.17. The molecule has 0 radical (unpaired) electrons. The molecule has 1 aliphatic rings. The van der Waals surface area contributed by atoms with Gasteiger partial charge in [-0.25, -0.2) is 0 Å². The van der Waals surface area contributed by atoms with Gasteiger partial charge in [0.15, 0.2) is 0 Å². The van der Waals surface area contributed by atoms with Crippen LogP contribution in [0.25, 0.3) is 0 Å². The molecule has 0 aromatic carbocycles. The predicted molar refractivity (Wildman–Crippen MR) is 62.2 cm³/mol. The number of carboxylic acid groups (broad SMARTS) is 1. The standard InChI is InChI=1S/C13H22O3/c1-10(13(15)16)12(14)9-5-8-11-6-3-2-4-7-11/h10-11H,2-9H2,1H3,(H,15,16). The van der Waals surface area contributed by atoms with Gasteiger partial charge in [-0.05, 0) is 19.3 Å². The van der Waals surface area contributed by atoms with Crippen molar-refractivity contribution in [2.45, 2.75) is 58.3 Å². The average molecular weight is 226 g/mol. The Morgan fingerprint density at radius 2 is 1.88 bits per heavy atom. The molecule has 1 aliphatic carbocycles. The van der Waals surface area contributed by atoms with Gasteiger partial charge in [0.05, 0.1) is 0 Å². The van der Waals surface area contributed by atoms with Crippen molar-refractivity contribution in [2.24, 2.45) is 11.8 Å². The minimum absolute atomic E-state index is 0.122. The quantitative estimate of drug-likeness (QED) is 0.708. The molecule has 1 saturated carbocycles. The highest BCUT2D eigenvalue weighted by Gasteiger charge is 2.20. The first-order chi connectivity index (χ1) is 7.61. The number of carbonyl (C=O) groups excluding carboxylic acids is 1. The lowest BCUT2D eigenvalue weighted by Gasteiger charge is -2.21. The first-order valence-corrected chi connectivity index (χ1v) is 6.36. The van der Waals surface area contributed by atoms with E-state index in [1.807, 2.05) is 0 Å². The van der Waals surface area contributed by atoms with E-state index in [4.69, 9.17) is 5.11 Å². The van der Waals surface area contributed by atoms with Crippen molar-refractivity contribution < 1.29 is 14.7 Å². The van der Waals surface area contributed by atoms with Crippen molar-refractivity contribution in [1.82, 2.24) is 0 Å². The minimum atomic E-state index is -0.998. The number of carbonyl (C=O) groups is 2. The molecule has 3 nitrogen and oxygen atoms in total. The molecule has 0 bridgehead atoms. The number of carboxylic acids is 1. The Morgan fingerprint density at radius 1 is 1.25 bits per heavy atom. The molecule has 0 heterocycles. The summed E-state index contributed by atoms with van der Waals surface area (Å²) in [7, 11) is 0. The topological polar surface area (TPSA) is 54.4 Å². The lowest BCUT2D eigenvalue weighted by molar-refractivity contribution is -0.145. The number of hydrogen-bond donors (Lipinski definition) is 1. The van der Waals surface area contributed by atoms with Crippen LogP contribution in [0.2, 0.25) is 0 Å². The van der Waals surface area contributed by atoms with E-state index in [0.29, 0.717) is 6.42 Å². The van der Waals surface area contributed by atoms with E-state index in [0.717, 1.165) is 18.8 Å². The SMILES string of the molecule is CC(C(=O)O)C(=O)CCCC1CCCCC1. The van der Waals surface area contributed by atoms with Crippen LogP contribution in [0.5, 0.6) is 0 Å². The maximum Gasteiger partial charge on any atom is 0.313 e. The zero-order chi connectivity index (χ0) is 12.0. The van der Waals surface area contributed by atoms with Crippen molar-refractivity contribution >= 4 is 11.8 Å². The molecule has 0 aromatic heterocycles. The van der Waals surface area contributed by atoms with Crippen LogP contribution < -0.4 is 0 Å². The van der Waals surface area contributed by atoms with E-state index in [2.05, 4.69) is 0 Å². The van der Waals surface area contributed by atoms with Crippen molar-refractivity contribution in [3.8, 4) is 0 Å². The average Bonchev–Trinajstić information content (AvgIpc) is 2.29. The summed E-state index contributed by atoms with van der Waals surface area (Å²) in [6.07, 6.45) is 8.98. The molecule has 0 saturated heterocycles. The fraction of sp³-hybridized carbons (Fsp3) is 0.846. The predicted octanol–water partition coefficient (Wildman–Crippen LogP) is 3.03. The number of rotatable bonds is 6. The molecular weight excluding hydrogens is 204 g/mol. The van der Waals surface area contributed by atoms with E-state index in [1.165, 1.54) is 39.0 Å². The van der Waals surface area contributed by atoms with Crippen LogP contribution in [0.1, 0.15) is 58.3 Å². The Morgan fingerprint density at radius 3 is 2.44 bits per heavy atom. The largest absolute Gasteiger partial charge is 0.481 e. The van der Waals surface area contributed by atoms with Crippen molar-refractivity contribution in [2.75, 3.05) is 0 Å². The third-order valence-electron chi connectivity index (χ3n) is 3.61. The number of Topliss-reactive ketones (excluding diaryl/α,β-unsaturated/α-hetero) is 1. The lowest BCUT2D eigenvalue weighted by Crippen LogP contribution is -2.20. The van der Waals surface area contributed by atoms with Crippen molar-refractivity contribution in [1.29, 1.82) is 0 Å². The van der Waals surface area contributed by atoms with Crippen molar-refractivity contribution in [3.05, 3.63) is 0 Å². The maximum absolute atomic E-state index is 11.4. The minimum Gasteiger partial charge on any atom is -0.481 e. The first-order valence-electron chi connectivity index (χ1n) is 6.36. The summed E-state index contributed by atoms with van der Waals surface area (Å²) in [6.45, 7) is 1.48. The summed E-state index contributed by atoms with van der Waals surface area (Å²) in [4.78, 5) is 22.0. The summed E-state index contributed by atoms with van der Waals surface area (Å²) in [6, 6.07) is 0. The van der Waals surface area contributed by atoms with E-state index < -0.39 is 11.9 Å². The molecule has 1 unspecified atom stereocenters. The number of ketones is 1. The third-order valence-corrected chi connectivity index (χ3v) is 3.61. The molecule has 1 atom stereocenters. The monoisotopic (exact) mass is 226 g/mol. The fourth-order valence-electron chi connectivity index (χ4n) is 2.40. The number of hydrogen-bond acceptors (Lipinski definition) is 2. The Kier molecular flexibility index (Phi) is 5.50. The Labute approximate surface area is 97.2 Å². The molecule has 1 N–H and O–H groups in total. The van der Waals surface area contributed by atoms with Crippen LogP contribution in [-0.2, 0) is 9.59 Å². The molecule has 1 fully saturated rings. The van der Waals surface area contributed by atoms with Gasteiger partial charge < -0.3 is 5.11 Å². The van der Waals surface area contributed by atoms with Gasteiger partial charge in [-0.3, -0.25) is 9.59 Å². The number of aliphatic carboxylic acids is 1. The van der Waals surface area contributed by atoms with E-state index in [-0.39, 0.29) is 5.78 Å². The summed E-state index contributed by atoms with van der Waals surface area (Å²) in [5, 5.41) is 8.68. The zero-order valence-electron chi connectivity index (χ0n) is 10.1. The molecule has 92 valence electrons. The van der Waals surface area contributed by atoms with Gasteiger partial charge in [0.25, 0.3) is 0 Å². The normalized spacial score (nSPS) is 19.3. The van der Waals surface area contributed by atoms with Crippen LogP contribution in [0.15, 0.2) is 0 Å². The first kappa shape index (κ1) is 13.2. The highest BCUT2D eigenvalue weighted by Crippen LogP contribution is 2.27. The molecule has 16 heavy (non-hydrogen) atoms. The summed E-state index contributed by atoms with van der Waals surface area (Å²) in [5.41, 5.74) is 0. The van der Waals surface area contributed by atoms with Crippen LogP contribution in [0, 0.1) is 11.8 Å². The van der Waals surface area contributed by atoms with Gasteiger partial charge in [0.2, 0.25) is 0 Å². The Balaban J connectivity index is 2.14. The smallest absolute Gasteiger partial charge is 0.313 e. The second-order valence-electron chi connectivity index (χ2n) is 4.92. The van der Waals surface area contributed by atoms with Gasteiger partial charge in [0.1, 0.15) is 11.7 Å². The van der Waals surface area contributed by atoms with Gasteiger partial charge in [0, 0.05) is 6.42 Å². The Hall–Kier alpha value is -0.860. The van der Waals surface area contributed by atoms with Crippen LogP contribution in [0.4, 0.5) is 0 Å². The molecular formula is C13H22O3. The lowest BCUT2D eigenvalue weighted by atomic mass is 9.85. The maximum atomic E-state index is 11.4. The van der Waals surface area contributed by atoms with Crippen LogP contribution in [-0.4, -0.2) is 16.9 Å². The highest BCUT2D eigenvalue weighted by atomic mass is 16.4. The van der Waals surface area contributed by atoms with E-state index >= 15 is 0 Å². The fourth-order valence-corrected chi connectivity index (χ4v) is 2.40. The van der Waals surface area contributed by atoms with Crippen LogP contribution >= 0.6 is 0 Å².